The summed E-state index contributed by atoms with van der Waals surface area (Å²) < 4.78 is 83.3. The van der Waals surface area contributed by atoms with Crippen molar-refractivity contribution in [2.75, 3.05) is 0 Å². The normalized spacial score (nSPS) is 15.8. The molecule has 5 aromatic rings. The van der Waals surface area contributed by atoms with E-state index in [1.807, 2.05) is 0 Å². The summed E-state index contributed by atoms with van der Waals surface area (Å²) in [7, 11) is 0. The van der Waals surface area contributed by atoms with Crippen molar-refractivity contribution >= 4 is 22.4 Å². The Hall–Kier alpha value is -3.56. The lowest BCUT2D eigenvalue weighted by molar-refractivity contribution is 1.07. The molecule has 0 aliphatic heterocycles. The van der Waals surface area contributed by atoms with Crippen molar-refractivity contribution in [3.63, 3.8) is 0 Å². The van der Waals surface area contributed by atoms with Crippen LogP contribution in [0.15, 0.2) is 96.8 Å². The molecule has 0 atom stereocenters. The molecule has 0 bridgehead atoms. The van der Waals surface area contributed by atoms with Gasteiger partial charge in [-0.15, -0.1) is 0 Å². The van der Waals surface area contributed by atoms with Crippen LogP contribution in [0, 0.1) is 0 Å². The maximum absolute atomic E-state index is 8.84. The molecule has 4 aromatic carbocycles. The van der Waals surface area contributed by atoms with Gasteiger partial charge >= 0.3 is 0 Å². The number of halogens is 1. The van der Waals surface area contributed by atoms with Gasteiger partial charge in [-0.2, -0.15) is 0 Å². The average molecular weight is 404 g/mol. The van der Waals surface area contributed by atoms with Crippen molar-refractivity contribution in [2.45, 2.75) is 0 Å². The zero-order valence-electron chi connectivity index (χ0n) is 24.7. The molecule has 0 aliphatic carbocycles. The lowest BCUT2D eigenvalue weighted by Crippen LogP contribution is -2.00. The van der Waals surface area contributed by atoms with Crippen LogP contribution >= 0.6 is 11.6 Å². The molecule has 0 fully saturated rings. The third-order valence-corrected chi connectivity index (χ3v) is 4.22. The van der Waals surface area contributed by atoms with Crippen LogP contribution in [0.1, 0.15) is 13.7 Å². The molecule has 1 heterocycles. The van der Waals surface area contributed by atoms with Gasteiger partial charge < -0.3 is 0 Å². The molecule has 138 valence electrons. The summed E-state index contributed by atoms with van der Waals surface area (Å²) in [5, 5.41) is -0.747. The van der Waals surface area contributed by atoms with Crippen molar-refractivity contribution in [3.05, 3.63) is 102 Å². The molecule has 0 N–H and O–H groups in total. The average Bonchev–Trinajstić information content (AvgIpc) is 2.92. The minimum absolute atomic E-state index is 0.0702. The van der Waals surface area contributed by atoms with Crippen molar-refractivity contribution < 1.29 is 13.7 Å². The number of hydrogen-bond acceptors (Lipinski definition) is 3. The van der Waals surface area contributed by atoms with Crippen LogP contribution in [0.4, 0.5) is 0 Å². The van der Waals surface area contributed by atoms with E-state index in [1.165, 1.54) is 0 Å². The molecule has 3 nitrogen and oxygen atoms in total. The van der Waals surface area contributed by atoms with Crippen LogP contribution in [-0.2, 0) is 0 Å². The number of aromatic nitrogens is 3. The zero-order chi connectivity index (χ0) is 28.3. The number of benzene rings is 4. The highest BCUT2D eigenvalue weighted by Gasteiger charge is 2.12. The van der Waals surface area contributed by atoms with Crippen molar-refractivity contribution in [2.24, 2.45) is 0 Å². The monoisotopic (exact) mass is 403 g/mol. The quantitative estimate of drug-likeness (QED) is 0.337. The number of rotatable bonds is 3. The Balaban J connectivity index is 1.92. The Morgan fingerprint density at radius 3 is 2.00 bits per heavy atom. The largest absolute Gasteiger partial charge is 0.208 e. The Morgan fingerprint density at radius 1 is 0.586 bits per heavy atom. The molecule has 0 saturated carbocycles. The molecule has 0 aliphatic rings. The highest BCUT2D eigenvalue weighted by atomic mass is 35.5. The number of hydrogen-bond donors (Lipinski definition) is 0. The first kappa shape index (κ1) is 9.77. The second-order valence-electron chi connectivity index (χ2n) is 5.92. The predicted octanol–water partition coefficient (Wildman–Crippen LogP) is 6.68. The fourth-order valence-electron chi connectivity index (χ4n) is 2.68. The van der Waals surface area contributed by atoms with Crippen LogP contribution in [-0.4, -0.2) is 15.0 Å². The lowest BCUT2D eigenvalue weighted by atomic mass is 10.1. The third kappa shape index (κ3) is 3.60. The standard InChI is InChI=1S/C25H16ClN3/c26-22-12-6-11-20(16-22)24-27-23(18-8-2-1-3-9-18)28-25(29-24)21-14-13-17-7-4-5-10-19(17)15-21/h1-16H/i4D,5D,7D,10D,11D,12D,13D,14D,15D,16D. The van der Waals surface area contributed by atoms with Crippen molar-refractivity contribution in [1.82, 2.24) is 15.0 Å². The predicted molar refractivity (Wildman–Crippen MR) is 119 cm³/mol. The molecule has 0 unspecified atom stereocenters. The van der Waals surface area contributed by atoms with Gasteiger partial charge in [0.15, 0.2) is 17.5 Å². The third-order valence-electron chi connectivity index (χ3n) is 4.01. The van der Waals surface area contributed by atoms with E-state index in [0.29, 0.717) is 5.56 Å². The minimum atomic E-state index is -0.590. The summed E-state index contributed by atoms with van der Waals surface area (Å²) in [6.07, 6.45) is 0. The molecule has 0 spiro atoms. The summed E-state index contributed by atoms with van der Waals surface area (Å²) in [5.41, 5.74) is 0.124. The van der Waals surface area contributed by atoms with E-state index >= 15 is 0 Å². The molecule has 0 radical (unpaired) electrons. The van der Waals surface area contributed by atoms with Crippen LogP contribution in [0.5, 0.6) is 0 Å². The summed E-state index contributed by atoms with van der Waals surface area (Å²) in [6.45, 7) is 0. The lowest BCUT2D eigenvalue weighted by Gasteiger charge is -2.09. The molecule has 4 heteroatoms. The summed E-state index contributed by atoms with van der Waals surface area (Å²) in [4.78, 5) is 13.2. The molecular weight excluding hydrogens is 378 g/mol. The van der Waals surface area contributed by atoms with E-state index < -0.39 is 42.3 Å². The highest BCUT2D eigenvalue weighted by Crippen LogP contribution is 2.27. The minimum Gasteiger partial charge on any atom is -0.208 e. The fourth-order valence-corrected chi connectivity index (χ4v) is 2.83. The Bertz CT molecular complexity index is 1830. The first-order valence-corrected chi connectivity index (χ1v) is 8.90. The summed E-state index contributed by atoms with van der Waals surface area (Å²) >= 11 is 6.13. The van der Waals surface area contributed by atoms with Crippen molar-refractivity contribution in [3.8, 4) is 34.2 Å². The highest BCUT2D eigenvalue weighted by molar-refractivity contribution is 6.30. The second kappa shape index (κ2) is 7.46. The van der Waals surface area contributed by atoms with Crippen molar-refractivity contribution in [1.29, 1.82) is 0 Å². The van der Waals surface area contributed by atoms with Gasteiger partial charge in [0.05, 0.1) is 13.7 Å². The maximum Gasteiger partial charge on any atom is 0.164 e. The molecule has 5 rings (SSSR count). The van der Waals surface area contributed by atoms with Crippen LogP contribution < -0.4 is 0 Å². The first-order chi connectivity index (χ1) is 18.4. The van der Waals surface area contributed by atoms with E-state index in [2.05, 4.69) is 15.0 Å². The van der Waals surface area contributed by atoms with E-state index in [9.17, 15) is 0 Å². The fraction of sp³-hybridized carbons (Fsp3) is 0. The van der Waals surface area contributed by atoms with Gasteiger partial charge in [-0.05, 0) is 28.9 Å². The Labute approximate surface area is 187 Å². The van der Waals surface area contributed by atoms with Gasteiger partial charge in [0.2, 0.25) is 0 Å². The van der Waals surface area contributed by atoms with E-state index in [1.54, 1.807) is 30.3 Å². The van der Waals surface area contributed by atoms with Crippen LogP contribution in [0.3, 0.4) is 0 Å². The zero-order valence-corrected chi connectivity index (χ0v) is 15.4. The number of fused-ring (bicyclic) bond motifs is 1. The molecular formula is C25H16ClN3. The van der Waals surface area contributed by atoms with Gasteiger partial charge in [-0.25, -0.2) is 15.0 Å². The molecule has 1 aromatic heterocycles. The maximum atomic E-state index is 8.84. The smallest absolute Gasteiger partial charge is 0.164 e. The van der Waals surface area contributed by atoms with E-state index in [4.69, 9.17) is 25.3 Å². The van der Waals surface area contributed by atoms with Gasteiger partial charge in [0, 0.05) is 21.7 Å². The Morgan fingerprint density at radius 2 is 1.24 bits per heavy atom. The van der Waals surface area contributed by atoms with E-state index in [-0.39, 0.29) is 62.5 Å². The molecule has 0 saturated heterocycles. The summed E-state index contributed by atoms with van der Waals surface area (Å²) in [6, 6.07) is 5.14. The first-order valence-electron chi connectivity index (χ1n) is 13.5. The number of nitrogens with zero attached hydrogens (tertiary/aromatic N) is 3. The van der Waals surface area contributed by atoms with Crippen LogP contribution in [0.25, 0.3) is 44.9 Å². The SMILES string of the molecule is [2H]c1cc([2H])c(-c2nc(-c3ccccc3)nc(-c3c([2H])c([2H])c4c([2H])c([2H])c([2H])c([2H])c4c3[2H])n2)c([2H])c1Cl. The van der Waals surface area contributed by atoms with Gasteiger partial charge in [0.25, 0.3) is 0 Å². The van der Waals surface area contributed by atoms with Crippen LogP contribution in [0.2, 0.25) is 5.02 Å². The topological polar surface area (TPSA) is 38.7 Å². The second-order valence-corrected chi connectivity index (χ2v) is 6.30. The molecule has 29 heavy (non-hydrogen) atoms. The van der Waals surface area contributed by atoms with Gasteiger partial charge in [0.1, 0.15) is 0 Å². The van der Waals surface area contributed by atoms with E-state index in [0.717, 1.165) is 6.07 Å². The van der Waals surface area contributed by atoms with Gasteiger partial charge in [-0.3, -0.25) is 0 Å². The van der Waals surface area contributed by atoms with Gasteiger partial charge in [-0.1, -0.05) is 90.3 Å². The molecule has 0 amide bonds. The summed E-state index contributed by atoms with van der Waals surface area (Å²) in [5.74, 6) is -0.376. The Kier molecular flexibility index (Phi) is 2.51.